The summed E-state index contributed by atoms with van der Waals surface area (Å²) in [6.07, 6.45) is 0. The number of benzene rings is 2. The number of aryl methyl sites for hydroxylation is 1. The molecule has 0 saturated carbocycles. The number of esters is 1. The van der Waals surface area contributed by atoms with Gasteiger partial charge >= 0.3 is 5.97 Å². The van der Waals surface area contributed by atoms with Gasteiger partial charge in [0.25, 0.3) is 0 Å². The Bertz CT molecular complexity index is 728. The Kier molecular flexibility index (Phi) is 4.39. The molecule has 0 spiro atoms. The molecule has 1 heterocycles. The predicted molar refractivity (Wildman–Crippen MR) is 93.2 cm³/mol. The van der Waals surface area contributed by atoms with Gasteiger partial charge in [0.05, 0.1) is 6.61 Å². The largest absolute Gasteiger partial charge is 0.463 e. The fraction of sp³-hybridized carbons (Fsp3) is 0.222. The molecule has 1 aliphatic heterocycles. The summed E-state index contributed by atoms with van der Waals surface area (Å²) in [7, 11) is 0. The number of nitrogens with zero attached hydrogens (tertiary/aromatic N) is 1. The normalized spacial score (nSPS) is 19.8. The summed E-state index contributed by atoms with van der Waals surface area (Å²) in [4.78, 5) is 11.6. The van der Waals surface area contributed by atoms with Crippen LogP contribution >= 0.6 is 11.8 Å². The summed E-state index contributed by atoms with van der Waals surface area (Å²) in [5.41, 5.74) is 6.01. The minimum Gasteiger partial charge on any atom is -0.463 e. The van der Waals surface area contributed by atoms with Crippen molar-refractivity contribution in [1.82, 2.24) is 5.43 Å². The molecule has 2 aromatic rings. The Balaban J connectivity index is 1.94. The van der Waals surface area contributed by atoms with Gasteiger partial charge in [-0.2, -0.15) is 5.10 Å². The number of hydrogen-bond acceptors (Lipinski definition) is 5. The third-order valence-corrected chi connectivity index (χ3v) is 4.93. The number of carbonyl (C=O) groups excluding carboxylic acids is 1. The summed E-state index contributed by atoms with van der Waals surface area (Å²) in [6, 6.07) is 17.6. The van der Waals surface area contributed by atoms with E-state index in [1.807, 2.05) is 61.5 Å². The molecular formula is C18H18N2O2S. The van der Waals surface area contributed by atoms with E-state index >= 15 is 0 Å². The molecule has 5 heteroatoms. The van der Waals surface area contributed by atoms with Crippen LogP contribution in [0.2, 0.25) is 0 Å². The van der Waals surface area contributed by atoms with E-state index < -0.39 is 4.87 Å². The van der Waals surface area contributed by atoms with Crippen LogP contribution in [0.15, 0.2) is 59.7 Å². The molecule has 23 heavy (non-hydrogen) atoms. The predicted octanol–water partition coefficient (Wildman–Crippen LogP) is 3.41. The van der Waals surface area contributed by atoms with Gasteiger partial charge < -0.3 is 4.74 Å². The van der Waals surface area contributed by atoms with Gasteiger partial charge in [-0.1, -0.05) is 71.9 Å². The molecule has 0 aliphatic carbocycles. The maximum absolute atomic E-state index is 12.6. The monoisotopic (exact) mass is 326 g/mol. The number of hydrogen-bond donors (Lipinski definition) is 1. The first-order valence-electron chi connectivity index (χ1n) is 7.49. The van der Waals surface area contributed by atoms with Crippen molar-refractivity contribution in [2.24, 2.45) is 5.10 Å². The fourth-order valence-corrected chi connectivity index (χ4v) is 3.50. The molecule has 0 radical (unpaired) electrons. The van der Waals surface area contributed by atoms with Gasteiger partial charge in [0.2, 0.25) is 4.87 Å². The lowest BCUT2D eigenvalue weighted by atomic mass is 10.1. The lowest BCUT2D eigenvalue weighted by Gasteiger charge is -2.25. The first kappa shape index (κ1) is 15.6. The molecule has 0 amide bonds. The molecule has 0 aromatic heterocycles. The van der Waals surface area contributed by atoms with Gasteiger partial charge in [-0.3, -0.25) is 5.43 Å². The lowest BCUT2D eigenvalue weighted by molar-refractivity contribution is -0.147. The van der Waals surface area contributed by atoms with Crippen LogP contribution in [0.5, 0.6) is 0 Å². The van der Waals surface area contributed by atoms with E-state index in [4.69, 9.17) is 4.74 Å². The number of carbonyl (C=O) groups is 1. The molecule has 0 saturated heterocycles. The maximum atomic E-state index is 12.6. The molecule has 118 valence electrons. The standard InChI is InChI=1S/C18H18N2O2S/c1-3-22-17(21)18(15-7-5-4-6-8-15)20-19-16(23-18)14-11-9-13(2)10-12-14/h4-12,20H,3H2,1-2H3. The van der Waals surface area contributed by atoms with Crippen molar-refractivity contribution in [3.05, 3.63) is 71.3 Å². The Morgan fingerprint density at radius 3 is 2.52 bits per heavy atom. The SMILES string of the molecule is CCOC(=O)C1(c2ccccc2)NN=C(c2ccc(C)cc2)S1. The van der Waals surface area contributed by atoms with E-state index in [-0.39, 0.29) is 5.97 Å². The van der Waals surface area contributed by atoms with Crippen LogP contribution < -0.4 is 5.43 Å². The van der Waals surface area contributed by atoms with Crippen molar-refractivity contribution in [2.45, 2.75) is 18.7 Å². The van der Waals surface area contributed by atoms with E-state index in [0.717, 1.165) is 16.2 Å². The number of rotatable bonds is 4. The highest BCUT2D eigenvalue weighted by molar-refractivity contribution is 8.16. The lowest BCUT2D eigenvalue weighted by Crippen LogP contribution is -2.42. The summed E-state index contributed by atoms with van der Waals surface area (Å²) >= 11 is 1.38. The van der Waals surface area contributed by atoms with Gasteiger partial charge in [-0.15, -0.1) is 0 Å². The van der Waals surface area contributed by atoms with Crippen LogP contribution in [0.25, 0.3) is 0 Å². The second kappa shape index (κ2) is 6.46. The minimum absolute atomic E-state index is 0.329. The third kappa shape index (κ3) is 2.97. The van der Waals surface area contributed by atoms with Crippen molar-refractivity contribution in [3.63, 3.8) is 0 Å². The van der Waals surface area contributed by atoms with E-state index in [0.29, 0.717) is 6.61 Å². The molecule has 4 nitrogen and oxygen atoms in total. The van der Waals surface area contributed by atoms with Crippen LogP contribution in [0.3, 0.4) is 0 Å². The molecule has 1 N–H and O–H groups in total. The van der Waals surface area contributed by atoms with Crippen molar-refractivity contribution in [1.29, 1.82) is 0 Å². The zero-order valence-corrected chi connectivity index (χ0v) is 13.9. The summed E-state index contributed by atoms with van der Waals surface area (Å²) < 4.78 is 5.29. The Morgan fingerprint density at radius 2 is 1.87 bits per heavy atom. The molecule has 1 aliphatic rings. The molecule has 1 atom stereocenters. The highest BCUT2D eigenvalue weighted by Gasteiger charge is 2.47. The van der Waals surface area contributed by atoms with Gasteiger partial charge in [-0.05, 0) is 13.8 Å². The number of ether oxygens (including phenoxy) is 1. The van der Waals surface area contributed by atoms with Gasteiger partial charge in [0.15, 0.2) is 0 Å². The highest BCUT2D eigenvalue weighted by atomic mass is 32.2. The van der Waals surface area contributed by atoms with Crippen LogP contribution in [0, 0.1) is 6.92 Å². The maximum Gasteiger partial charge on any atom is 0.349 e. The second-order valence-corrected chi connectivity index (χ2v) is 6.47. The van der Waals surface area contributed by atoms with Crippen molar-refractivity contribution < 1.29 is 9.53 Å². The van der Waals surface area contributed by atoms with E-state index in [1.165, 1.54) is 17.3 Å². The minimum atomic E-state index is -1.03. The molecule has 2 aromatic carbocycles. The van der Waals surface area contributed by atoms with Crippen molar-refractivity contribution in [2.75, 3.05) is 6.61 Å². The third-order valence-electron chi connectivity index (χ3n) is 3.61. The number of thioether (sulfide) groups is 1. The van der Waals surface area contributed by atoms with Crippen LogP contribution in [-0.2, 0) is 14.4 Å². The quantitative estimate of drug-likeness (QED) is 0.875. The van der Waals surface area contributed by atoms with Crippen LogP contribution in [0.1, 0.15) is 23.6 Å². The Hall–Kier alpha value is -2.27. The number of nitrogens with one attached hydrogen (secondary N) is 1. The van der Waals surface area contributed by atoms with Crippen LogP contribution in [-0.4, -0.2) is 17.6 Å². The van der Waals surface area contributed by atoms with Crippen LogP contribution in [0.4, 0.5) is 0 Å². The van der Waals surface area contributed by atoms with Gasteiger partial charge in [0, 0.05) is 11.1 Å². The highest BCUT2D eigenvalue weighted by Crippen LogP contribution is 2.41. The van der Waals surface area contributed by atoms with Gasteiger partial charge in [-0.25, -0.2) is 4.79 Å². The first-order valence-corrected chi connectivity index (χ1v) is 8.31. The molecule has 1 unspecified atom stereocenters. The Morgan fingerprint density at radius 1 is 1.17 bits per heavy atom. The van der Waals surface area contributed by atoms with E-state index in [1.54, 1.807) is 6.92 Å². The average molecular weight is 326 g/mol. The molecule has 0 bridgehead atoms. The Labute approximate surface area is 139 Å². The number of hydrazone groups is 1. The van der Waals surface area contributed by atoms with Gasteiger partial charge in [0.1, 0.15) is 5.04 Å². The van der Waals surface area contributed by atoms with E-state index in [2.05, 4.69) is 10.5 Å². The zero-order valence-electron chi connectivity index (χ0n) is 13.1. The topological polar surface area (TPSA) is 50.7 Å². The second-order valence-electron chi connectivity index (χ2n) is 5.26. The summed E-state index contributed by atoms with van der Waals surface area (Å²) in [5, 5.41) is 5.18. The molecule has 0 fully saturated rings. The molecule has 3 rings (SSSR count). The fourth-order valence-electron chi connectivity index (χ4n) is 2.37. The average Bonchev–Trinajstić information content (AvgIpc) is 3.03. The van der Waals surface area contributed by atoms with E-state index in [9.17, 15) is 4.79 Å². The summed E-state index contributed by atoms with van der Waals surface area (Å²) in [5.74, 6) is -0.331. The van der Waals surface area contributed by atoms with Crippen molar-refractivity contribution >= 4 is 22.8 Å². The van der Waals surface area contributed by atoms with Crippen molar-refractivity contribution in [3.8, 4) is 0 Å². The summed E-state index contributed by atoms with van der Waals surface area (Å²) in [6.45, 7) is 4.17. The molecular weight excluding hydrogens is 308 g/mol. The first-order chi connectivity index (χ1) is 11.2. The zero-order chi connectivity index (χ0) is 16.3. The smallest absolute Gasteiger partial charge is 0.349 e.